The molecule has 0 heterocycles. The Bertz CT molecular complexity index is 955. The lowest BCUT2D eigenvalue weighted by atomic mass is 10.1. The molecular formula is C19H20ClNO5S. The van der Waals surface area contributed by atoms with Crippen molar-refractivity contribution < 1.29 is 22.7 Å². The normalized spacial score (nSPS) is 12.3. The maximum Gasteiger partial charge on any atom is 0.338 e. The summed E-state index contributed by atoms with van der Waals surface area (Å²) in [5.41, 5.74) is 1.52. The number of nitrogens with one attached hydrogen (secondary N) is 1. The lowest BCUT2D eigenvalue weighted by Crippen LogP contribution is -2.31. The molecule has 0 spiro atoms. The smallest absolute Gasteiger partial charge is 0.338 e. The summed E-state index contributed by atoms with van der Waals surface area (Å²) in [5, 5.41) is 3.31. The summed E-state index contributed by atoms with van der Waals surface area (Å²) in [6, 6.07) is 10.9. The van der Waals surface area contributed by atoms with Crippen LogP contribution in [-0.2, 0) is 19.4 Å². The standard InChI is InChI=1S/C19H20ClNO5S/c1-12-4-9-16(27(3,24)25)10-17(12)19(23)26-11-18(22)21-13(2)14-5-7-15(20)8-6-14/h4-10,13H,11H2,1-3H3,(H,21,22)/t13-/m0/s1. The number of carbonyl (C=O) groups is 2. The second-order valence-electron chi connectivity index (χ2n) is 6.17. The SMILES string of the molecule is Cc1ccc(S(C)(=O)=O)cc1C(=O)OCC(=O)N[C@@H](C)c1ccc(Cl)cc1. The van der Waals surface area contributed by atoms with Gasteiger partial charge in [0.1, 0.15) is 0 Å². The van der Waals surface area contributed by atoms with Crippen LogP contribution in [0.15, 0.2) is 47.4 Å². The molecule has 0 aliphatic heterocycles. The third kappa shape index (κ3) is 5.80. The predicted molar refractivity (Wildman–Crippen MR) is 103 cm³/mol. The minimum atomic E-state index is -3.45. The molecule has 2 aromatic carbocycles. The van der Waals surface area contributed by atoms with Gasteiger partial charge in [-0.05, 0) is 49.2 Å². The Hall–Kier alpha value is -2.38. The molecule has 0 radical (unpaired) electrons. The van der Waals surface area contributed by atoms with Crippen LogP contribution in [0.1, 0.15) is 34.5 Å². The fourth-order valence-corrected chi connectivity index (χ4v) is 3.15. The fraction of sp³-hybridized carbons (Fsp3) is 0.263. The maximum absolute atomic E-state index is 12.2. The van der Waals surface area contributed by atoms with E-state index in [9.17, 15) is 18.0 Å². The second-order valence-corrected chi connectivity index (χ2v) is 8.62. The average Bonchev–Trinajstić information content (AvgIpc) is 2.59. The fourth-order valence-electron chi connectivity index (χ4n) is 2.38. The molecule has 0 fully saturated rings. The van der Waals surface area contributed by atoms with Gasteiger partial charge in [0, 0.05) is 11.3 Å². The average molecular weight is 410 g/mol. The number of hydrogen-bond acceptors (Lipinski definition) is 5. The van der Waals surface area contributed by atoms with Crippen molar-refractivity contribution in [3.05, 3.63) is 64.2 Å². The minimum absolute atomic E-state index is 0.0147. The van der Waals surface area contributed by atoms with E-state index in [4.69, 9.17) is 16.3 Å². The first-order valence-electron chi connectivity index (χ1n) is 8.10. The van der Waals surface area contributed by atoms with Crippen molar-refractivity contribution in [2.75, 3.05) is 12.9 Å². The van der Waals surface area contributed by atoms with Crippen LogP contribution in [0.4, 0.5) is 0 Å². The number of halogens is 1. The van der Waals surface area contributed by atoms with Crippen molar-refractivity contribution in [2.45, 2.75) is 24.8 Å². The van der Waals surface area contributed by atoms with Crippen molar-refractivity contribution in [3.63, 3.8) is 0 Å². The number of sulfone groups is 1. The van der Waals surface area contributed by atoms with Gasteiger partial charge in [-0.15, -0.1) is 0 Å². The van der Waals surface area contributed by atoms with Crippen molar-refractivity contribution in [2.24, 2.45) is 0 Å². The van der Waals surface area contributed by atoms with E-state index in [0.717, 1.165) is 11.8 Å². The lowest BCUT2D eigenvalue weighted by Gasteiger charge is -2.15. The monoisotopic (exact) mass is 409 g/mol. The van der Waals surface area contributed by atoms with Crippen LogP contribution in [0.5, 0.6) is 0 Å². The molecule has 6 nitrogen and oxygen atoms in total. The first-order chi connectivity index (χ1) is 12.6. The second kappa shape index (κ2) is 8.54. The van der Waals surface area contributed by atoms with Crippen LogP contribution in [-0.4, -0.2) is 33.2 Å². The number of hydrogen-bond donors (Lipinski definition) is 1. The Kier molecular flexibility index (Phi) is 6.62. The van der Waals surface area contributed by atoms with Gasteiger partial charge in [-0.3, -0.25) is 4.79 Å². The van der Waals surface area contributed by atoms with Crippen LogP contribution in [0.2, 0.25) is 5.02 Å². The van der Waals surface area contributed by atoms with Gasteiger partial charge in [-0.2, -0.15) is 0 Å². The number of ether oxygens (including phenoxy) is 1. The van der Waals surface area contributed by atoms with E-state index in [1.54, 1.807) is 38.1 Å². The topological polar surface area (TPSA) is 89.5 Å². The number of rotatable bonds is 6. The minimum Gasteiger partial charge on any atom is -0.452 e. The number of esters is 1. The molecule has 0 saturated carbocycles. The van der Waals surface area contributed by atoms with Crippen LogP contribution in [0, 0.1) is 6.92 Å². The van der Waals surface area contributed by atoms with Crippen molar-refractivity contribution in [3.8, 4) is 0 Å². The van der Waals surface area contributed by atoms with Crippen molar-refractivity contribution >= 4 is 33.3 Å². The van der Waals surface area contributed by atoms with Crippen LogP contribution < -0.4 is 5.32 Å². The molecule has 144 valence electrons. The highest BCUT2D eigenvalue weighted by molar-refractivity contribution is 7.90. The van der Waals surface area contributed by atoms with Crippen molar-refractivity contribution in [1.29, 1.82) is 0 Å². The van der Waals surface area contributed by atoms with Crippen LogP contribution >= 0.6 is 11.6 Å². The van der Waals surface area contributed by atoms with E-state index < -0.39 is 28.3 Å². The zero-order valence-corrected chi connectivity index (χ0v) is 16.7. The molecule has 0 bridgehead atoms. The molecule has 0 aromatic heterocycles. The Morgan fingerprint density at radius 2 is 1.78 bits per heavy atom. The van der Waals surface area contributed by atoms with Crippen LogP contribution in [0.25, 0.3) is 0 Å². The third-order valence-corrected chi connectivity index (χ3v) is 5.30. The van der Waals surface area contributed by atoms with Gasteiger partial charge in [0.05, 0.1) is 16.5 Å². The van der Waals surface area contributed by atoms with Crippen molar-refractivity contribution in [1.82, 2.24) is 5.32 Å². The summed E-state index contributed by atoms with van der Waals surface area (Å²) in [5.74, 6) is -1.23. The number of aryl methyl sites for hydroxylation is 1. The number of carbonyl (C=O) groups excluding carboxylic acids is 2. The van der Waals surface area contributed by atoms with E-state index in [-0.39, 0.29) is 16.5 Å². The van der Waals surface area contributed by atoms with E-state index >= 15 is 0 Å². The third-order valence-electron chi connectivity index (χ3n) is 3.94. The Morgan fingerprint density at radius 3 is 2.37 bits per heavy atom. The molecule has 27 heavy (non-hydrogen) atoms. The van der Waals surface area contributed by atoms with E-state index in [1.165, 1.54) is 18.2 Å². The van der Waals surface area contributed by atoms with Gasteiger partial charge in [-0.1, -0.05) is 29.8 Å². The maximum atomic E-state index is 12.2. The predicted octanol–water partition coefficient (Wildman–Crippen LogP) is 3.09. The zero-order chi connectivity index (χ0) is 20.2. The summed E-state index contributed by atoms with van der Waals surface area (Å²) >= 11 is 5.83. The Labute approximate surface area is 163 Å². The molecule has 1 amide bonds. The molecule has 8 heteroatoms. The number of benzene rings is 2. The summed E-state index contributed by atoms with van der Waals surface area (Å²) < 4.78 is 28.3. The van der Waals surface area contributed by atoms with E-state index in [0.29, 0.717) is 10.6 Å². The highest BCUT2D eigenvalue weighted by Crippen LogP contribution is 2.17. The molecule has 0 unspecified atom stereocenters. The van der Waals surface area contributed by atoms with Gasteiger partial charge in [-0.25, -0.2) is 13.2 Å². The molecule has 0 saturated heterocycles. The first-order valence-corrected chi connectivity index (χ1v) is 10.4. The van der Waals surface area contributed by atoms with E-state index in [2.05, 4.69) is 5.32 Å². The molecule has 0 aliphatic rings. The Balaban J connectivity index is 1.99. The van der Waals surface area contributed by atoms with Gasteiger partial charge < -0.3 is 10.1 Å². The summed E-state index contributed by atoms with van der Waals surface area (Å²) in [7, 11) is -3.45. The van der Waals surface area contributed by atoms with E-state index in [1.807, 2.05) is 0 Å². The van der Waals surface area contributed by atoms with Gasteiger partial charge in [0.2, 0.25) is 0 Å². The molecular weight excluding hydrogens is 390 g/mol. The largest absolute Gasteiger partial charge is 0.452 e. The van der Waals surface area contributed by atoms with Gasteiger partial charge in [0.25, 0.3) is 5.91 Å². The quantitative estimate of drug-likeness (QED) is 0.740. The highest BCUT2D eigenvalue weighted by atomic mass is 35.5. The summed E-state index contributed by atoms with van der Waals surface area (Å²) in [4.78, 5) is 24.3. The molecule has 2 rings (SSSR count). The molecule has 0 aliphatic carbocycles. The summed E-state index contributed by atoms with van der Waals surface area (Å²) in [6.45, 7) is 2.98. The Morgan fingerprint density at radius 1 is 1.15 bits per heavy atom. The molecule has 1 N–H and O–H groups in total. The van der Waals surface area contributed by atoms with Gasteiger partial charge in [0.15, 0.2) is 16.4 Å². The molecule has 1 atom stereocenters. The molecule has 2 aromatic rings. The first kappa shape index (κ1) is 20.9. The van der Waals surface area contributed by atoms with Gasteiger partial charge >= 0.3 is 5.97 Å². The van der Waals surface area contributed by atoms with Crippen LogP contribution in [0.3, 0.4) is 0 Å². The lowest BCUT2D eigenvalue weighted by molar-refractivity contribution is -0.124. The highest BCUT2D eigenvalue weighted by Gasteiger charge is 2.17. The summed E-state index contributed by atoms with van der Waals surface area (Å²) in [6.07, 6.45) is 1.05. The number of amides is 1. The zero-order valence-electron chi connectivity index (χ0n) is 15.2.